The normalized spacial score (nSPS) is 12.1. The van der Waals surface area contributed by atoms with Crippen LogP contribution in [0.2, 0.25) is 0 Å². The quantitative estimate of drug-likeness (QED) is 0.866. The molecule has 1 heterocycles. The number of anilines is 1. The monoisotopic (exact) mass is 374 g/mol. The number of hydrogen-bond acceptors (Lipinski definition) is 5. The van der Waals surface area contributed by atoms with Crippen molar-refractivity contribution in [3.05, 3.63) is 47.3 Å². The highest BCUT2D eigenvalue weighted by molar-refractivity contribution is 7.92. The summed E-state index contributed by atoms with van der Waals surface area (Å²) < 4.78 is 65.5. The van der Waals surface area contributed by atoms with Gasteiger partial charge in [-0.3, -0.25) is 4.98 Å². The minimum atomic E-state index is -5.34. The molecule has 0 saturated heterocycles. The van der Waals surface area contributed by atoms with Crippen LogP contribution in [0.5, 0.6) is 5.75 Å². The summed E-state index contributed by atoms with van der Waals surface area (Å²) in [7, 11) is -3.78. The smallest absolute Gasteiger partial charge is 0.496 e. The van der Waals surface area contributed by atoms with E-state index in [4.69, 9.17) is 4.74 Å². The lowest BCUT2D eigenvalue weighted by molar-refractivity contribution is -0.0436. The number of halogens is 3. The van der Waals surface area contributed by atoms with Crippen molar-refractivity contribution in [2.24, 2.45) is 0 Å². The topological polar surface area (TPSA) is 68.3 Å². The molecule has 0 spiro atoms. The van der Waals surface area contributed by atoms with E-state index in [1.54, 1.807) is 13.3 Å². The Morgan fingerprint density at radius 2 is 1.76 bits per heavy atom. The zero-order valence-corrected chi connectivity index (χ0v) is 14.6. The molecule has 0 aliphatic rings. The maximum atomic E-state index is 12.5. The van der Waals surface area contributed by atoms with E-state index in [0.29, 0.717) is 12.2 Å². The molecule has 1 aromatic heterocycles. The third-order valence-corrected chi connectivity index (χ3v) is 5.18. The molecule has 5 nitrogen and oxygen atoms in total. The lowest BCUT2D eigenvalue weighted by atomic mass is 10.1. The predicted molar refractivity (Wildman–Crippen MR) is 87.3 cm³/mol. The molecule has 9 heteroatoms. The van der Waals surface area contributed by atoms with Crippen molar-refractivity contribution in [3.8, 4) is 5.75 Å². The maximum Gasteiger partial charge on any atom is 0.501 e. The minimum Gasteiger partial charge on any atom is -0.496 e. The fraction of sp³-hybridized carbons (Fsp3) is 0.312. The number of benzene rings is 1. The van der Waals surface area contributed by atoms with Crippen molar-refractivity contribution in [1.82, 2.24) is 4.98 Å². The van der Waals surface area contributed by atoms with Gasteiger partial charge in [0.1, 0.15) is 5.75 Å². The lowest BCUT2D eigenvalue weighted by Crippen LogP contribution is -2.23. The third-order valence-electron chi connectivity index (χ3n) is 3.68. The summed E-state index contributed by atoms with van der Waals surface area (Å²) in [4.78, 5) is 3.51. The highest BCUT2D eigenvalue weighted by atomic mass is 32.2. The van der Waals surface area contributed by atoms with Crippen molar-refractivity contribution in [3.63, 3.8) is 0 Å². The van der Waals surface area contributed by atoms with Crippen LogP contribution in [0.3, 0.4) is 0 Å². The minimum absolute atomic E-state index is 0.313. The summed E-state index contributed by atoms with van der Waals surface area (Å²) in [6.07, 6.45) is 1.67. The molecular weight excluding hydrogens is 357 g/mol. The van der Waals surface area contributed by atoms with E-state index in [0.717, 1.165) is 34.7 Å². The highest BCUT2D eigenvalue weighted by Gasteiger charge is 2.46. The first-order valence-corrected chi connectivity index (χ1v) is 8.70. The Labute approximate surface area is 143 Å². The van der Waals surface area contributed by atoms with Crippen molar-refractivity contribution < 1.29 is 26.3 Å². The van der Waals surface area contributed by atoms with Crippen LogP contribution >= 0.6 is 0 Å². The molecule has 1 aromatic carbocycles. The van der Waals surface area contributed by atoms with Crippen LogP contribution in [0.1, 0.15) is 16.8 Å². The van der Waals surface area contributed by atoms with Gasteiger partial charge in [-0.1, -0.05) is 0 Å². The molecule has 136 valence electrons. The zero-order valence-electron chi connectivity index (χ0n) is 13.8. The number of rotatable bonds is 5. The molecule has 2 aromatic rings. The van der Waals surface area contributed by atoms with Gasteiger partial charge >= 0.3 is 5.51 Å². The van der Waals surface area contributed by atoms with E-state index >= 15 is 0 Å². The van der Waals surface area contributed by atoms with Gasteiger partial charge in [0, 0.05) is 23.0 Å². The van der Waals surface area contributed by atoms with Crippen LogP contribution in [0, 0.1) is 13.8 Å². The molecule has 25 heavy (non-hydrogen) atoms. The molecular formula is C16H17F3N2O3S. The summed E-state index contributed by atoms with van der Waals surface area (Å²) in [5.41, 5.74) is -2.38. The predicted octanol–water partition coefficient (Wildman–Crippen LogP) is 3.61. The van der Waals surface area contributed by atoms with Crippen molar-refractivity contribution in [2.75, 3.05) is 12.4 Å². The third kappa shape index (κ3) is 3.87. The van der Waals surface area contributed by atoms with Crippen molar-refractivity contribution >= 4 is 15.5 Å². The number of methoxy groups -OCH3 is 1. The van der Waals surface area contributed by atoms with Gasteiger partial charge in [-0.15, -0.1) is 0 Å². The number of alkyl halides is 3. The fourth-order valence-electron chi connectivity index (χ4n) is 2.32. The molecule has 0 aliphatic heterocycles. The number of hydrogen-bond donors (Lipinski definition) is 1. The summed E-state index contributed by atoms with van der Waals surface area (Å²) >= 11 is 0. The van der Waals surface area contributed by atoms with Gasteiger partial charge in [-0.2, -0.15) is 13.2 Å². The lowest BCUT2D eigenvalue weighted by Gasteiger charge is -2.13. The number of nitrogens with one attached hydrogen (secondary N) is 1. The first-order chi connectivity index (χ1) is 11.6. The Hall–Kier alpha value is -2.29. The summed E-state index contributed by atoms with van der Waals surface area (Å²) in [6.45, 7) is 4.04. The molecule has 0 aliphatic carbocycles. The number of aromatic nitrogens is 1. The standard InChI is InChI=1S/C16H17F3N2O3S/c1-10-8-21-14(11(2)15(10)24-3)9-20-12-4-6-13(7-5-12)25(22,23)16(17,18)19/h4-8,20H,9H2,1-3H3. The Kier molecular flexibility index (Phi) is 5.26. The second kappa shape index (κ2) is 6.91. The number of ether oxygens (including phenoxy) is 1. The molecule has 1 N–H and O–H groups in total. The molecule has 0 fully saturated rings. The van der Waals surface area contributed by atoms with Gasteiger partial charge in [0.2, 0.25) is 0 Å². The average molecular weight is 374 g/mol. The van der Waals surface area contributed by atoms with E-state index in [2.05, 4.69) is 10.3 Å². The van der Waals surface area contributed by atoms with Gasteiger partial charge < -0.3 is 10.1 Å². The van der Waals surface area contributed by atoms with Crippen molar-refractivity contribution in [2.45, 2.75) is 30.8 Å². The zero-order chi connectivity index (χ0) is 18.8. The summed E-state index contributed by atoms with van der Waals surface area (Å²) in [6, 6.07) is 4.39. The van der Waals surface area contributed by atoms with E-state index in [1.807, 2.05) is 13.8 Å². The Morgan fingerprint density at radius 3 is 2.28 bits per heavy atom. The van der Waals surface area contributed by atoms with Crippen LogP contribution in [0.4, 0.5) is 18.9 Å². The summed E-state index contributed by atoms with van der Waals surface area (Å²) in [5, 5.41) is 3.00. The number of aryl methyl sites for hydroxylation is 1. The molecule has 0 unspecified atom stereocenters. The van der Waals surface area contributed by atoms with Crippen LogP contribution in [0.15, 0.2) is 35.4 Å². The van der Waals surface area contributed by atoms with E-state index < -0.39 is 20.2 Å². The number of nitrogens with zero attached hydrogens (tertiary/aromatic N) is 1. The van der Waals surface area contributed by atoms with Gasteiger partial charge in [0.15, 0.2) is 0 Å². The Balaban J connectivity index is 2.16. The van der Waals surface area contributed by atoms with Crippen molar-refractivity contribution in [1.29, 1.82) is 0 Å². The molecule has 0 radical (unpaired) electrons. The average Bonchev–Trinajstić information content (AvgIpc) is 2.54. The number of sulfone groups is 1. The fourth-order valence-corrected chi connectivity index (χ4v) is 3.08. The molecule has 0 saturated carbocycles. The van der Waals surface area contributed by atoms with Gasteiger partial charge in [0.05, 0.1) is 24.2 Å². The molecule has 0 bridgehead atoms. The first kappa shape index (κ1) is 19.0. The SMILES string of the molecule is COc1c(C)cnc(CNc2ccc(S(=O)(=O)C(F)(F)F)cc2)c1C. The molecule has 0 amide bonds. The highest BCUT2D eigenvalue weighted by Crippen LogP contribution is 2.31. The largest absolute Gasteiger partial charge is 0.501 e. The number of pyridine rings is 1. The molecule has 2 rings (SSSR count). The second-order valence-electron chi connectivity index (χ2n) is 5.37. The first-order valence-electron chi connectivity index (χ1n) is 7.22. The molecule has 0 atom stereocenters. The van der Waals surface area contributed by atoms with E-state index in [-0.39, 0.29) is 0 Å². The van der Waals surface area contributed by atoms with Crippen LogP contribution < -0.4 is 10.1 Å². The van der Waals surface area contributed by atoms with Gasteiger partial charge in [0.25, 0.3) is 9.84 Å². The van der Waals surface area contributed by atoms with E-state index in [9.17, 15) is 21.6 Å². The maximum absolute atomic E-state index is 12.5. The summed E-state index contributed by atoms with van der Waals surface area (Å²) in [5.74, 6) is 0.721. The van der Waals surface area contributed by atoms with Crippen LogP contribution in [0.25, 0.3) is 0 Å². The van der Waals surface area contributed by atoms with Crippen LogP contribution in [-0.2, 0) is 16.4 Å². The van der Waals surface area contributed by atoms with Gasteiger partial charge in [-0.05, 0) is 38.1 Å². The Morgan fingerprint density at radius 1 is 1.16 bits per heavy atom. The second-order valence-corrected chi connectivity index (χ2v) is 7.31. The van der Waals surface area contributed by atoms with Gasteiger partial charge in [-0.25, -0.2) is 8.42 Å². The van der Waals surface area contributed by atoms with E-state index in [1.165, 1.54) is 12.1 Å². The van der Waals surface area contributed by atoms with Crippen LogP contribution in [-0.4, -0.2) is 26.0 Å². The Bertz CT molecular complexity index is 863.